The number of quaternary nitrogens is 1. The molecule has 0 aromatic heterocycles. The number of rotatable bonds is 47. The molecule has 4 N–H and O–H groups in total. The average molecular weight is 831 g/mol. The fourth-order valence-electron chi connectivity index (χ4n) is 4.46. The van der Waals surface area contributed by atoms with Crippen molar-refractivity contribution < 1.29 is 81.7 Å². The Hall–Kier alpha value is -2.11. The lowest BCUT2D eigenvalue weighted by Crippen LogP contribution is -2.51. The number of esters is 1. The van der Waals surface area contributed by atoms with E-state index in [0.29, 0.717) is 185 Å². The largest absolute Gasteiger partial charge is 0.466 e. The number of nitrogens with one attached hydrogen (secondary N) is 1. The molecule has 0 bridgehead atoms. The number of ether oxygens (including phenoxy) is 13. The van der Waals surface area contributed by atoms with Crippen molar-refractivity contribution in [2.24, 2.45) is 0 Å². The summed E-state index contributed by atoms with van der Waals surface area (Å²) >= 11 is 0. The van der Waals surface area contributed by atoms with Crippen LogP contribution < -0.4 is 11.1 Å². The van der Waals surface area contributed by atoms with Crippen molar-refractivity contribution in [1.82, 2.24) is 10.2 Å². The summed E-state index contributed by atoms with van der Waals surface area (Å²) in [5.41, 5.74) is 3.83. The lowest BCUT2D eigenvalue weighted by Gasteiger charge is -2.22. The van der Waals surface area contributed by atoms with E-state index in [9.17, 15) is 14.4 Å². The maximum absolute atomic E-state index is 12.5. The quantitative estimate of drug-likeness (QED) is 0.0585. The molecule has 0 aromatic rings. The summed E-state index contributed by atoms with van der Waals surface area (Å²) in [6, 6.07) is 0. The predicted octanol–water partition coefficient (Wildman–Crippen LogP) is -0.484. The third kappa shape index (κ3) is 43.3. The van der Waals surface area contributed by atoms with Gasteiger partial charge in [0.25, 0.3) is 0 Å². The van der Waals surface area contributed by atoms with Gasteiger partial charge in [0.2, 0.25) is 11.8 Å². The molecule has 0 aliphatic rings. The van der Waals surface area contributed by atoms with Crippen LogP contribution in [-0.2, 0) is 76.0 Å². The Morgan fingerprint density at radius 3 is 1.18 bits per heavy atom. The Kier molecular flexibility index (Phi) is 44.9. The van der Waals surface area contributed by atoms with Crippen LogP contribution in [0.3, 0.4) is 0 Å². The maximum Gasteiger partial charge on any atom is 0.306 e. The fourth-order valence-corrected chi connectivity index (χ4v) is 4.46. The summed E-state index contributed by atoms with van der Waals surface area (Å²) in [6.07, 6.45) is 1.81. The second-order valence-corrected chi connectivity index (χ2v) is 12.1. The van der Waals surface area contributed by atoms with Gasteiger partial charge in [-0.25, -0.2) is 0 Å². The second-order valence-electron chi connectivity index (χ2n) is 12.1. The molecule has 0 aliphatic heterocycles. The van der Waals surface area contributed by atoms with Crippen LogP contribution in [0.5, 0.6) is 0 Å². The molecule has 0 radical (unpaired) electrons. The fraction of sp³-hybridized carbons (Fsp3) is 0.921. The van der Waals surface area contributed by atoms with E-state index >= 15 is 0 Å². The first-order valence-electron chi connectivity index (χ1n) is 20.4. The third-order valence-electron chi connectivity index (χ3n) is 7.43. The van der Waals surface area contributed by atoms with Gasteiger partial charge in [0.15, 0.2) is 0 Å². The first-order chi connectivity index (χ1) is 28.0. The van der Waals surface area contributed by atoms with Crippen molar-refractivity contribution in [3.63, 3.8) is 0 Å². The number of carbonyl (C=O) groups is 3. The molecule has 19 nitrogen and oxygen atoms in total. The van der Waals surface area contributed by atoms with E-state index in [1.807, 2.05) is 0 Å². The van der Waals surface area contributed by atoms with Gasteiger partial charge in [-0.3, -0.25) is 14.4 Å². The van der Waals surface area contributed by atoms with Crippen LogP contribution in [0.4, 0.5) is 0 Å². The Balaban J connectivity index is 3.34. The van der Waals surface area contributed by atoms with E-state index in [-0.39, 0.29) is 43.7 Å². The third-order valence-corrected chi connectivity index (χ3v) is 7.43. The molecule has 0 heterocycles. The highest BCUT2D eigenvalue weighted by molar-refractivity contribution is 5.81. The lowest BCUT2D eigenvalue weighted by atomic mass is 10.2. The monoisotopic (exact) mass is 831 g/mol. The standard InChI is InChI=1S/C38H75N3O16/c1-3-57-38(44)7-6-37(43)41(11-4-9-39)12-5-10-40-36(42)8-13-46-16-17-48-20-21-50-24-25-52-28-29-54-32-33-56-35-34-55-31-30-53-27-26-51-23-22-49-19-18-47-15-14-45-2/h3-35,39H2,1-2H3,(H,40,42)/p+1. The van der Waals surface area contributed by atoms with Crippen molar-refractivity contribution in [3.8, 4) is 0 Å². The van der Waals surface area contributed by atoms with Crippen molar-refractivity contribution in [3.05, 3.63) is 0 Å². The van der Waals surface area contributed by atoms with E-state index in [1.165, 1.54) is 0 Å². The zero-order valence-electron chi connectivity index (χ0n) is 35.0. The summed E-state index contributed by atoms with van der Waals surface area (Å²) in [6.45, 7) is 15.3. The molecule has 19 heteroatoms. The van der Waals surface area contributed by atoms with Gasteiger partial charge in [-0.1, -0.05) is 0 Å². The number of hydrogen-bond acceptors (Lipinski definition) is 16. The molecule has 0 atom stereocenters. The van der Waals surface area contributed by atoms with Gasteiger partial charge in [0.05, 0.1) is 172 Å². The van der Waals surface area contributed by atoms with Gasteiger partial charge < -0.3 is 77.5 Å². The smallest absolute Gasteiger partial charge is 0.306 e. The summed E-state index contributed by atoms with van der Waals surface area (Å²) in [5, 5.41) is 2.85. The Morgan fingerprint density at radius 1 is 0.474 bits per heavy atom. The van der Waals surface area contributed by atoms with Gasteiger partial charge in [-0.05, 0) is 13.3 Å². The molecular formula is C38H76N3O16+. The Morgan fingerprint density at radius 2 is 0.825 bits per heavy atom. The molecule has 2 amide bonds. The first kappa shape index (κ1) is 54.9. The van der Waals surface area contributed by atoms with E-state index in [4.69, 9.17) is 61.6 Å². The summed E-state index contributed by atoms with van der Waals surface area (Å²) in [5.74, 6) is -0.586. The van der Waals surface area contributed by atoms with Crippen molar-refractivity contribution >= 4 is 17.8 Å². The number of hydrogen-bond donors (Lipinski definition) is 2. The molecule has 0 aliphatic carbocycles. The van der Waals surface area contributed by atoms with Crippen LogP contribution in [0.25, 0.3) is 0 Å². The van der Waals surface area contributed by atoms with Gasteiger partial charge in [-0.2, -0.15) is 0 Å². The number of methoxy groups -OCH3 is 1. The summed E-state index contributed by atoms with van der Waals surface area (Å²) in [4.78, 5) is 37.9. The molecule has 57 heavy (non-hydrogen) atoms. The molecule has 0 fully saturated rings. The number of amides is 2. The number of carbonyl (C=O) groups excluding carboxylic acids is 3. The van der Waals surface area contributed by atoms with Crippen LogP contribution in [0, 0.1) is 0 Å². The van der Waals surface area contributed by atoms with Gasteiger partial charge in [-0.15, -0.1) is 0 Å². The second kappa shape index (κ2) is 46.6. The molecule has 0 saturated heterocycles. The van der Waals surface area contributed by atoms with Crippen LogP contribution in [-0.4, -0.2) is 215 Å². The van der Waals surface area contributed by atoms with Crippen molar-refractivity contribution in [2.75, 3.05) is 192 Å². The van der Waals surface area contributed by atoms with E-state index in [1.54, 1.807) is 18.9 Å². The first-order valence-corrected chi connectivity index (χ1v) is 20.4. The highest BCUT2D eigenvalue weighted by Crippen LogP contribution is 2.03. The normalized spacial score (nSPS) is 11.3. The average Bonchev–Trinajstić information content (AvgIpc) is 3.21. The van der Waals surface area contributed by atoms with Gasteiger partial charge in [0, 0.05) is 46.0 Å². The van der Waals surface area contributed by atoms with E-state index in [0.717, 1.165) is 6.42 Å². The Bertz CT molecular complexity index is 880. The maximum atomic E-state index is 12.5. The number of nitrogens with zero attached hydrogens (tertiary/aromatic N) is 1. The van der Waals surface area contributed by atoms with Crippen molar-refractivity contribution in [1.29, 1.82) is 0 Å². The SMILES string of the molecule is CCOC(=O)CCC(=O)N(CCC[NH3+])CCCNC(=O)CCOCCOCCOCCOCCOCCOCCOCCOCCOCCOCCOCCOC. The molecule has 0 aromatic carbocycles. The zero-order valence-corrected chi connectivity index (χ0v) is 35.0. The summed E-state index contributed by atoms with van der Waals surface area (Å²) < 4.78 is 69.8. The van der Waals surface area contributed by atoms with Crippen LogP contribution in [0.15, 0.2) is 0 Å². The highest BCUT2D eigenvalue weighted by atomic mass is 16.6. The molecule has 0 spiro atoms. The Labute approximate surface area is 340 Å². The molecule has 338 valence electrons. The zero-order chi connectivity index (χ0) is 41.5. The van der Waals surface area contributed by atoms with Gasteiger partial charge >= 0.3 is 5.97 Å². The van der Waals surface area contributed by atoms with Crippen LogP contribution >= 0.6 is 0 Å². The molecule has 0 unspecified atom stereocenters. The van der Waals surface area contributed by atoms with E-state index in [2.05, 4.69) is 11.1 Å². The van der Waals surface area contributed by atoms with Crippen LogP contribution in [0.1, 0.15) is 39.0 Å². The van der Waals surface area contributed by atoms with Crippen molar-refractivity contribution in [2.45, 2.75) is 39.0 Å². The van der Waals surface area contributed by atoms with Crippen LogP contribution in [0.2, 0.25) is 0 Å². The topological polar surface area (TPSA) is 214 Å². The minimum atomic E-state index is -0.375. The minimum Gasteiger partial charge on any atom is -0.466 e. The summed E-state index contributed by atoms with van der Waals surface area (Å²) in [7, 11) is 1.64. The highest BCUT2D eigenvalue weighted by Gasteiger charge is 2.15. The molecular weight excluding hydrogens is 754 g/mol. The molecule has 0 rings (SSSR count). The van der Waals surface area contributed by atoms with Gasteiger partial charge in [0.1, 0.15) is 0 Å². The molecule has 0 saturated carbocycles. The lowest BCUT2D eigenvalue weighted by molar-refractivity contribution is -0.368. The predicted molar refractivity (Wildman–Crippen MR) is 208 cm³/mol. The van der Waals surface area contributed by atoms with E-state index < -0.39 is 0 Å². The minimum absolute atomic E-state index is 0.0664.